The van der Waals surface area contributed by atoms with Gasteiger partial charge in [-0.3, -0.25) is 4.79 Å². The highest BCUT2D eigenvalue weighted by Gasteiger charge is 2.12. The van der Waals surface area contributed by atoms with Crippen LogP contribution in [0.2, 0.25) is 0 Å². The highest BCUT2D eigenvalue weighted by molar-refractivity contribution is 5.66. The Hall–Kier alpha value is -0.910. The molecule has 0 radical (unpaired) electrons. The van der Waals surface area contributed by atoms with E-state index >= 15 is 0 Å². The van der Waals surface area contributed by atoms with Crippen molar-refractivity contribution in [3.63, 3.8) is 0 Å². The summed E-state index contributed by atoms with van der Waals surface area (Å²) in [6.45, 7) is 2.09. The molecule has 0 fully saturated rings. The third kappa shape index (κ3) is 14.4. The van der Waals surface area contributed by atoms with Gasteiger partial charge in [-0.25, -0.2) is 0 Å². The van der Waals surface area contributed by atoms with Crippen LogP contribution < -0.4 is 0 Å². The van der Waals surface area contributed by atoms with Crippen molar-refractivity contribution >= 4 is 5.97 Å². The fourth-order valence-electron chi connectivity index (χ4n) is 2.40. The number of aliphatic hydroxyl groups is 3. The van der Waals surface area contributed by atoms with E-state index in [0.717, 1.165) is 44.9 Å². The topological polar surface area (TPSA) is 98.0 Å². The van der Waals surface area contributed by atoms with Crippen LogP contribution in [0.15, 0.2) is 12.2 Å². The molecule has 0 spiro atoms. The smallest absolute Gasteiger partial charge is 0.303 e. The molecule has 0 amide bonds. The first kappa shape index (κ1) is 22.1. The summed E-state index contributed by atoms with van der Waals surface area (Å²) in [5, 5.41) is 37.9. The molecular formula is C18H34O5. The zero-order valence-electron chi connectivity index (χ0n) is 14.4. The molecule has 0 aromatic rings. The predicted octanol–water partition coefficient (Wildman–Crippen LogP) is 3.02. The average molecular weight is 330 g/mol. The highest BCUT2D eigenvalue weighted by atomic mass is 16.4. The highest BCUT2D eigenvalue weighted by Crippen LogP contribution is 2.11. The maximum Gasteiger partial charge on any atom is 0.303 e. The Bertz CT molecular complexity index is 317. The lowest BCUT2D eigenvalue weighted by Gasteiger charge is -2.14. The van der Waals surface area contributed by atoms with Gasteiger partial charge >= 0.3 is 5.97 Å². The molecule has 3 atom stereocenters. The van der Waals surface area contributed by atoms with E-state index in [1.165, 1.54) is 6.08 Å². The van der Waals surface area contributed by atoms with E-state index in [0.29, 0.717) is 19.3 Å². The Balaban J connectivity index is 3.66. The summed E-state index contributed by atoms with van der Waals surface area (Å²) in [4.78, 5) is 10.3. The van der Waals surface area contributed by atoms with Crippen LogP contribution in [-0.4, -0.2) is 44.7 Å². The molecule has 0 saturated heterocycles. The molecule has 0 heterocycles. The van der Waals surface area contributed by atoms with Crippen molar-refractivity contribution < 1.29 is 25.2 Å². The molecule has 0 aromatic carbocycles. The number of carbonyl (C=O) groups is 1. The van der Waals surface area contributed by atoms with E-state index in [1.807, 2.05) is 0 Å². The zero-order valence-corrected chi connectivity index (χ0v) is 14.4. The van der Waals surface area contributed by atoms with Crippen LogP contribution in [0, 0.1) is 0 Å². The summed E-state index contributed by atoms with van der Waals surface area (Å²) < 4.78 is 0. The molecule has 0 aliphatic heterocycles. The standard InChI is InChI=1S/C18H34O5/c1-2-3-7-11-16(20)17(21)14-13-15(19)10-8-5-4-6-9-12-18(22)23/h13-17,19-21H,2-12H2,1H3,(H,22,23)/t15-,16-,17+/m0/s1. The van der Waals surface area contributed by atoms with Crippen LogP contribution in [0.3, 0.4) is 0 Å². The number of aliphatic hydroxyl groups excluding tert-OH is 3. The van der Waals surface area contributed by atoms with Crippen molar-refractivity contribution in [2.24, 2.45) is 0 Å². The van der Waals surface area contributed by atoms with Crippen LogP contribution >= 0.6 is 0 Å². The van der Waals surface area contributed by atoms with E-state index < -0.39 is 24.3 Å². The van der Waals surface area contributed by atoms with Gasteiger partial charge in [-0.2, -0.15) is 0 Å². The van der Waals surface area contributed by atoms with Crippen molar-refractivity contribution in [3.8, 4) is 0 Å². The lowest BCUT2D eigenvalue weighted by Crippen LogP contribution is -2.24. The number of carboxylic acid groups (broad SMARTS) is 1. The number of carboxylic acids is 1. The van der Waals surface area contributed by atoms with Gasteiger partial charge in [0.15, 0.2) is 0 Å². The van der Waals surface area contributed by atoms with E-state index in [2.05, 4.69) is 6.92 Å². The quantitative estimate of drug-likeness (QED) is 0.273. The Morgan fingerprint density at radius 1 is 0.870 bits per heavy atom. The first-order valence-corrected chi connectivity index (χ1v) is 8.91. The molecule has 23 heavy (non-hydrogen) atoms. The second-order valence-corrected chi connectivity index (χ2v) is 6.21. The molecule has 0 saturated carbocycles. The Morgan fingerprint density at radius 3 is 2.13 bits per heavy atom. The second kappa shape index (κ2) is 14.7. The van der Waals surface area contributed by atoms with Gasteiger partial charge in [0.2, 0.25) is 0 Å². The molecule has 136 valence electrons. The van der Waals surface area contributed by atoms with Gasteiger partial charge in [-0.15, -0.1) is 0 Å². The molecule has 0 bridgehead atoms. The minimum Gasteiger partial charge on any atom is -0.481 e. The molecule has 0 unspecified atom stereocenters. The van der Waals surface area contributed by atoms with E-state index in [-0.39, 0.29) is 6.42 Å². The van der Waals surface area contributed by atoms with Gasteiger partial charge < -0.3 is 20.4 Å². The summed E-state index contributed by atoms with van der Waals surface area (Å²) in [5.41, 5.74) is 0. The molecule has 5 nitrogen and oxygen atoms in total. The van der Waals surface area contributed by atoms with Crippen LogP contribution in [0.25, 0.3) is 0 Å². The number of hydrogen-bond donors (Lipinski definition) is 4. The minimum absolute atomic E-state index is 0.226. The maximum absolute atomic E-state index is 10.3. The minimum atomic E-state index is -0.919. The number of rotatable bonds is 15. The normalized spacial score (nSPS) is 15.7. The third-order valence-corrected chi connectivity index (χ3v) is 3.92. The van der Waals surface area contributed by atoms with E-state index in [9.17, 15) is 20.1 Å². The maximum atomic E-state index is 10.3. The molecule has 0 aliphatic carbocycles. The van der Waals surface area contributed by atoms with E-state index in [1.54, 1.807) is 6.08 Å². The van der Waals surface area contributed by atoms with Crippen molar-refractivity contribution in [1.82, 2.24) is 0 Å². The number of aliphatic carboxylic acids is 1. The van der Waals surface area contributed by atoms with Crippen LogP contribution in [0.5, 0.6) is 0 Å². The van der Waals surface area contributed by atoms with Crippen LogP contribution in [0.4, 0.5) is 0 Å². The molecular weight excluding hydrogens is 296 g/mol. The molecule has 4 N–H and O–H groups in total. The van der Waals surface area contributed by atoms with Gasteiger partial charge in [0.25, 0.3) is 0 Å². The third-order valence-electron chi connectivity index (χ3n) is 3.92. The Morgan fingerprint density at radius 2 is 1.48 bits per heavy atom. The summed E-state index contributed by atoms with van der Waals surface area (Å²) in [7, 11) is 0. The fraction of sp³-hybridized carbons (Fsp3) is 0.833. The van der Waals surface area contributed by atoms with Crippen LogP contribution in [0.1, 0.15) is 77.6 Å². The number of hydrogen-bond acceptors (Lipinski definition) is 4. The van der Waals surface area contributed by atoms with Gasteiger partial charge in [0.1, 0.15) is 0 Å². The SMILES string of the molecule is CCCCC[C@H](O)[C@H](O)C=C[C@@H](O)CCCCCCCC(=O)O. The fourth-order valence-corrected chi connectivity index (χ4v) is 2.40. The molecule has 0 aliphatic rings. The van der Waals surface area contributed by atoms with Gasteiger partial charge in [-0.05, 0) is 19.3 Å². The van der Waals surface area contributed by atoms with E-state index in [4.69, 9.17) is 5.11 Å². The molecule has 0 rings (SSSR count). The van der Waals surface area contributed by atoms with Crippen molar-refractivity contribution in [2.75, 3.05) is 0 Å². The van der Waals surface area contributed by atoms with Crippen LogP contribution in [-0.2, 0) is 4.79 Å². The van der Waals surface area contributed by atoms with Crippen molar-refractivity contribution in [3.05, 3.63) is 12.2 Å². The van der Waals surface area contributed by atoms with Gasteiger partial charge in [0.05, 0.1) is 18.3 Å². The second-order valence-electron chi connectivity index (χ2n) is 6.21. The average Bonchev–Trinajstić information content (AvgIpc) is 2.51. The summed E-state index contributed by atoms with van der Waals surface area (Å²) in [6, 6.07) is 0. The first-order valence-electron chi connectivity index (χ1n) is 8.91. The van der Waals surface area contributed by atoms with Gasteiger partial charge in [0, 0.05) is 6.42 Å². The summed E-state index contributed by atoms with van der Waals surface area (Å²) in [6.07, 6.45) is 9.60. The summed E-state index contributed by atoms with van der Waals surface area (Å²) in [5.74, 6) is -0.749. The monoisotopic (exact) mass is 330 g/mol. The Kier molecular flexibility index (Phi) is 14.1. The van der Waals surface area contributed by atoms with Gasteiger partial charge in [-0.1, -0.05) is 64.0 Å². The largest absolute Gasteiger partial charge is 0.481 e. The molecule has 0 aromatic heterocycles. The Labute approximate surface area is 140 Å². The lowest BCUT2D eigenvalue weighted by molar-refractivity contribution is -0.137. The zero-order chi connectivity index (χ0) is 17.5. The van der Waals surface area contributed by atoms with Crippen molar-refractivity contribution in [1.29, 1.82) is 0 Å². The predicted molar refractivity (Wildman–Crippen MR) is 91.3 cm³/mol. The summed E-state index contributed by atoms with van der Waals surface area (Å²) >= 11 is 0. The number of unbranched alkanes of at least 4 members (excludes halogenated alkanes) is 6. The lowest BCUT2D eigenvalue weighted by atomic mass is 10.0. The first-order chi connectivity index (χ1) is 11.0. The van der Waals surface area contributed by atoms with Crippen molar-refractivity contribution in [2.45, 2.75) is 95.9 Å². The molecule has 5 heteroatoms.